The van der Waals surface area contributed by atoms with Crippen LogP contribution in [-0.2, 0) is 6.61 Å². The molecule has 2 aromatic carbocycles. The lowest BCUT2D eigenvalue weighted by atomic mass is 10.2. The predicted molar refractivity (Wildman–Crippen MR) is 138 cm³/mol. The van der Waals surface area contributed by atoms with Gasteiger partial charge in [0.2, 0.25) is 0 Å². The number of hydrogen-bond acceptors (Lipinski definition) is 4. The van der Waals surface area contributed by atoms with Crippen molar-refractivity contribution >= 4 is 5.97 Å². The van der Waals surface area contributed by atoms with E-state index in [1.807, 2.05) is 30.3 Å². The summed E-state index contributed by atoms with van der Waals surface area (Å²) >= 11 is 0. The first-order valence-corrected chi connectivity index (χ1v) is 11.8. The van der Waals surface area contributed by atoms with E-state index in [1.54, 1.807) is 13.0 Å². The van der Waals surface area contributed by atoms with Gasteiger partial charge in [-0.15, -0.1) is 0 Å². The maximum atomic E-state index is 11.2. The molecule has 2 N–H and O–H groups in total. The van der Waals surface area contributed by atoms with Crippen LogP contribution in [0, 0.1) is 11.8 Å². The summed E-state index contributed by atoms with van der Waals surface area (Å²) in [5.74, 6) is 1.36. The minimum absolute atomic E-state index is 0.0747. The molecule has 5 nitrogen and oxygen atoms in total. The fraction of sp³-hybridized carbons (Fsp3) is 0.536. The molecule has 0 amide bonds. The van der Waals surface area contributed by atoms with Crippen LogP contribution in [0.1, 0.15) is 84.7 Å². The van der Waals surface area contributed by atoms with Gasteiger partial charge in [0, 0.05) is 6.07 Å². The van der Waals surface area contributed by atoms with Crippen molar-refractivity contribution in [2.24, 2.45) is 11.8 Å². The Labute approximate surface area is 201 Å². The number of aliphatic hydroxyl groups is 1. The third kappa shape index (κ3) is 21.1. The summed E-state index contributed by atoms with van der Waals surface area (Å²) < 4.78 is 11.1. The van der Waals surface area contributed by atoms with Crippen molar-refractivity contribution in [1.82, 2.24) is 0 Å². The van der Waals surface area contributed by atoms with Gasteiger partial charge in [-0.25, -0.2) is 4.79 Å². The number of carboxylic acids is 1. The molecule has 0 radical (unpaired) electrons. The third-order valence-corrected chi connectivity index (χ3v) is 2.97. The maximum absolute atomic E-state index is 11.2. The van der Waals surface area contributed by atoms with Crippen LogP contribution in [0.15, 0.2) is 48.5 Å². The number of hydrogen-bond donors (Lipinski definition) is 2. The standard InChI is InChI=1S/C17H18O5.2C4H10.C3H8/c1-12(10-18)22-16-8-14(17(19)20)7-15(9-16)21-11-13-5-3-2-4-6-13;2*1-4(2)3;1-3-2/h2-9,12,18H,10-11H2,1H3,(H,19,20);2*4H,1-3H3;3H2,1-2H3. The summed E-state index contributed by atoms with van der Waals surface area (Å²) in [5.41, 5.74) is 1.06. The Hall–Kier alpha value is -2.53. The van der Waals surface area contributed by atoms with Gasteiger partial charge in [0.05, 0.1) is 12.2 Å². The van der Waals surface area contributed by atoms with Crippen molar-refractivity contribution in [2.45, 2.75) is 81.4 Å². The van der Waals surface area contributed by atoms with E-state index in [9.17, 15) is 4.79 Å². The average Bonchev–Trinajstić information content (AvgIpc) is 2.72. The van der Waals surface area contributed by atoms with E-state index < -0.39 is 12.1 Å². The molecule has 2 rings (SSSR count). The molecule has 0 aliphatic heterocycles. The number of ether oxygens (including phenoxy) is 2. The van der Waals surface area contributed by atoms with Crippen molar-refractivity contribution in [3.05, 3.63) is 59.7 Å². The van der Waals surface area contributed by atoms with E-state index in [2.05, 4.69) is 55.4 Å². The Bertz CT molecular complexity index is 715. The summed E-state index contributed by atoms with van der Waals surface area (Å²) in [6.45, 7) is 19.1. The molecule has 1 unspecified atom stereocenters. The van der Waals surface area contributed by atoms with E-state index in [0.29, 0.717) is 18.1 Å². The highest BCUT2D eigenvalue weighted by Gasteiger charge is 2.11. The number of carbonyl (C=O) groups is 1. The minimum atomic E-state index is -1.06. The Balaban J connectivity index is 0. The Kier molecular flexibility index (Phi) is 19.9. The van der Waals surface area contributed by atoms with Crippen LogP contribution >= 0.6 is 0 Å². The molecule has 33 heavy (non-hydrogen) atoms. The summed E-state index contributed by atoms with van der Waals surface area (Å²) in [7, 11) is 0. The van der Waals surface area contributed by atoms with Crippen molar-refractivity contribution in [3.63, 3.8) is 0 Å². The van der Waals surface area contributed by atoms with Gasteiger partial charge < -0.3 is 19.7 Å². The van der Waals surface area contributed by atoms with Crippen molar-refractivity contribution in [3.8, 4) is 11.5 Å². The van der Waals surface area contributed by atoms with Crippen molar-refractivity contribution in [2.75, 3.05) is 6.61 Å². The second-order valence-corrected chi connectivity index (χ2v) is 9.05. The number of benzene rings is 2. The lowest BCUT2D eigenvalue weighted by molar-refractivity contribution is 0.0695. The molecule has 0 aliphatic carbocycles. The fourth-order valence-electron chi connectivity index (χ4n) is 1.86. The normalized spacial score (nSPS) is 10.5. The van der Waals surface area contributed by atoms with E-state index in [4.69, 9.17) is 19.7 Å². The van der Waals surface area contributed by atoms with Crippen LogP contribution < -0.4 is 9.47 Å². The molecule has 2 aromatic rings. The van der Waals surface area contributed by atoms with Crippen LogP contribution in [0.5, 0.6) is 11.5 Å². The maximum Gasteiger partial charge on any atom is 0.335 e. The average molecular weight is 463 g/mol. The fourth-order valence-corrected chi connectivity index (χ4v) is 1.86. The number of rotatable bonds is 7. The van der Waals surface area contributed by atoms with Crippen LogP contribution in [0.3, 0.4) is 0 Å². The van der Waals surface area contributed by atoms with E-state index in [0.717, 1.165) is 17.4 Å². The molecular formula is C28H46O5. The zero-order chi connectivity index (χ0) is 25.8. The van der Waals surface area contributed by atoms with Crippen molar-refractivity contribution in [1.29, 1.82) is 0 Å². The van der Waals surface area contributed by atoms with Gasteiger partial charge >= 0.3 is 5.97 Å². The Morgan fingerprint density at radius 3 is 1.73 bits per heavy atom. The number of aromatic carboxylic acids is 1. The first-order valence-electron chi connectivity index (χ1n) is 11.8. The number of carboxylic acid groups (broad SMARTS) is 1. The minimum Gasteiger partial charge on any atom is -0.489 e. The Morgan fingerprint density at radius 1 is 0.848 bits per heavy atom. The highest BCUT2D eigenvalue weighted by molar-refractivity contribution is 5.88. The lowest BCUT2D eigenvalue weighted by Gasteiger charge is -2.14. The lowest BCUT2D eigenvalue weighted by Crippen LogP contribution is -2.16. The summed E-state index contributed by atoms with van der Waals surface area (Å²) in [4.78, 5) is 11.2. The topological polar surface area (TPSA) is 76.0 Å². The zero-order valence-corrected chi connectivity index (χ0v) is 22.1. The molecule has 188 valence electrons. The summed E-state index contributed by atoms with van der Waals surface area (Å²) in [5, 5.41) is 18.2. The molecule has 0 aliphatic rings. The van der Waals surface area contributed by atoms with Crippen molar-refractivity contribution < 1.29 is 24.5 Å². The molecule has 0 spiro atoms. The molecule has 0 heterocycles. The van der Waals surface area contributed by atoms with E-state index in [1.165, 1.54) is 18.6 Å². The van der Waals surface area contributed by atoms with Crippen LogP contribution in [0.25, 0.3) is 0 Å². The quantitative estimate of drug-likeness (QED) is 0.446. The number of aliphatic hydroxyl groups excluding tert-OH is 1. The first-order chi connectivity index (χ1) is 15.5. The second kappa shape index (κ2) is 20.1. The second-order valence-electron chi connectivity index (χ2n) is 9.05. The molecule has 0 bridgehead atoms. The van der Waals surface area contributed by atoms with Gasteiger partial charge in [0.25, 0.3) is 0 Å². The van der Waals surface area contributed by atoms with Crippen LogP contribution in [-0.4, -0.2) is 28.9 Å². The van der Waals surface area contributed by atoms with Gasteiger partial charge in [-0.2, -0.15) is 0 Å². The van der Waals surface area contributed by atoms with Crippen LogP contribution in [0.4, 0.5) is 0 Å². The molecule has 0 fully saturated rings. The third-order valence-electron chi connectivity index (χ3n) is 2.97. The van der Waals surface area contributed by atoms with E-state index >= 15 is 0 Å². The molecule has 5 heteroatoms. The molecule has 0 aromatic heterocycles. The van der Waals surface area contributed by atoms with E-state index in [-0.39, 0.29) is 12.2 Å². The largest absolute Gasteiger partial charge is 0.489 e. The molecular weight excluding hydrogens is 416 g/mol. The van der Waals surface area contributed by atoms with Crippen LogP contribution in [0.2, 0.25) is 0 Å². The predicted octanol–water partition coefficient (Wildman–Crippen LogP) is 7.46. The SMILES string of the molecule is CC(C)C.CC(C)C.CC(CO)Oc1cc(OCc2ccccc2)cc(C(=O)O)c1.CCC. The van der Waals surface area contributed by atoms with Gasteiger partial charge in [0.15, 0.2) is 0 Å². The highest BCUT2D eigenvalue weighted by atomic mass is 16.5. The first kappa shape index (κ1) is 32.6. The monoisotopic (exact) mass is 462 g/mol. The highest BCUT2D eigenvalue weighted by Crippen LogP contribution is 2.25. The van der Waals surface area contributed by atoms with Gasteiger partial charge in [-0.1, -0.05) is 92.1 Å². The molecule has 1 atom stereocenters. The van der Waals surface area contributed by atoms with Gasteiger partial charge in [-0.3, -0.25) is 0 Å². The smallest absolute Gasteiger partial charge is 0.335 e. The Morgan fingerprint density at radius 2 is 1.30 bits per heavy atom. The van der Waals surface area contributed by atoms with Gasteiger partial charge in [-0.05, 0) is 36.5 Å². The zero-order valence-electron chi connectivity index (χ0n) is 22.1. The van der Waals surface area contributed by atoms with Gasteiger partial charge in [0.1, 0.15) is 24.2 Å². The summed E-state index contributed by atoms with van der Waals surface area (Å²) in [6, 6.07) is 14.0. The molecule has 0 saturated carbocycles. The summed E-state index contributed by atoms with van der Waals surface area (Å²) in [6.07, 6.45) is 0.825. The molecule has 0 saturated heterocycles.